The van der Waals surface area contributed by atoms with Gasteiger partial charge in [-0.2, -0.15) is 0 Å². The topological polar surface area (TPSA) is 35.2 Å². The van der Waals surface area contributed by atoms with Crippen LogP contribution in [0.2, 0.25) is 0 Å². The molecule has 2 N–H and O–H groups in total. The molecule has 0 unspecified atom stereocenters. The van der Waals surface area contributed by atoms with Crippen LogP contribution in [0.5, 0.6) is 5.75 Å². The van der Waals surface area contributed by atoms with Crippen LogP contribution < -0.4 is 10.5 Å². The Kier molecular flexibility index (Phi) is 2.80. The summed E-state index contributed by atoms with van der Waals surface area (Å²) in [5, 5.41) is 0. The summed E-state index contributed by atoms with van der Waals surface area (Å²) in [5.41, 5.74) is 6.50. The van der Waals surface area contributed by atoms with Crippen LogP contribution in [0.25, 0.3) is 0 Å². The largest absolute Gasteiger partial charge is 0.573 e. The van der Waals surface area contributed by atoms with Crippen molar-refractivity contribution < 1.29 is 17.9 Å². The lowest BCUT2D eigenvalue weighted by atomic mass is 9.76. The summed E-state index contributed by atoms with van der Waals surface area (Å²) in [4.78, 5) is 0. The first-order chi connectivity index (χ1) is 7.44. The molecule has 0 amide bonds. The molecule has 1 aliphatic carbocycles. The Morgan fingerprint density at radius 2 is 1.94 bits per heavy atom. The molecule has 1 aromatic carbocycles. The van der Waals surface area contributed by atoms with E-state index < -0.39 is 6.36 Å². The van der Waals surface area contributed by atoms with Gasteiger partial charge in [0.25, 0.3) is 0 Å². The molecule has 1 aromatic rings. The zero-order valence-electron chi connectivity index (χ0n) is 8.50. The van der Waals surface area contributed by atoms with Crippen LogP contribution in [0.1, 0.15) is 24.3 Å². The molecule has 0 bridgehead atoms. The molecule has 1 saturated carbocycles. The molecule has 16 heavy (non-hydrogen) atoms. The molecule has 2 rings (SSSR count). The van der Waals surface area contributed by atoms with Gasteiger partial charge in [-0.3, -0.25) is 0 Å². The van der Waals surface area contributed by atoms with Crippen molar-refractivity contribution in [3.63, 3.8) is 0 Å². The third-order valence-corrected chi connectivity index (χ3v) is 2.74. The monoisotopic (exact) mass is 231 g/mol. The number of hydrogen-bond acceptors (Lipinski definition) is 2. The van der Waals surface area contributed by atoms with Gasteiger partial charge in [0.2, 0.25) is 0 Å². The molecule has 1 fully saturated rings. The zero-order valence-corrected chi connectivity index (χ0v) is 8.50. The van der Waals surface area contributed by atoms with Crippen molar-refractivity contribution in [2.45, 2.75) is 31.2 Å². The van der Waals surface area contributed by atoms with E-state index in [0.29, 0.717) is 0 Å². The zero-order chi connectivity index (χ0) is 11.8. The van der Waals surface area contributed by atoms with Crippen molar-refractivity contribution in [1.29, 1.82) is 0 Å². The van der Waals surface area contributed by atoms with Crippen molar-refractivity contribution >= 4 is 0 Å². The number of alkyl halides is 3. The fraction of sp³-hybridized carbons (Fsp3) is 0.455. The fourth-order valence-corrected chi connectivity index (χ4v) is 1.90. The molecule has 0 spiro atoms. The maximum atomic E-state index is 12.0. The van der Waals surface area contributed by atoms with Gasteiger partial charge in [0, 0.05) is 6.04 Å². The summed E-state index contributed by atoms with van der Waals surface area (Å²) in [6.45, 7) is 0. The molecule has 0 aliphatic heterocycles. The molecule has 88 valence electrons. The predicted molar refractivity (Wildman–Crippen MR) is 53.1 cm³/mol. The third-order valence-electron chi connectivity index (χ3n) is 2.74. The molecule has 5 heteroatoms. The Morgan fingerprint density at radius 1 is 1.25 bits per heavy atom. The lowest BCUT2D eigenvalue weighted by Gasteiger charge is -2.32. The van der Waals surface area contributed by atoms with E-state index in [1.807, 2.05) is 0 Å². The summed E-state index contributed by atoms with van der Waals surface area (Å²) in [5.74, 6) is 0.109. The smallest absolute Gasteiger partial charge is 0.406 e. The second-order valence-corrected chi connectivity index (χ2v) is 4.05. The van der Waals surface area contributed by atoms with E-state index in [0.717, 1.165) is 18.4 Å². The standard InChI is InChI=1S/C11H12F3NO/c12-11(13,14)16-10-3-1-2-7(6-10)8-4-9(15)5-8/h1-3,6,8-9H,4-5,15H2. The van der Waals surface area contributed by atoms with Crippen LogP contribution in [0.4, 0.5) is 13.2 Å². The number of benzene rings is 1. The van der Waals surface area contributed by atoms with Crippen LogP contribution in [-0.2, 0) is 0 Å². The van der Waals surface area contributed by atoms with E-state index in [1.165, 1.54) is 12.1 Å². The van der Waals surface area contributed by atoms with Crippen molar-refractivity contribution in [3.05, 3.63) is 29.8 Å². The highest BCUT2D eigenvalue weighted by Gasteiger charge is 2.32. The van der Waals surface area contributed by atoms with Crippen LogP contribution in [0, 0.1) is 0 Å². The van der Waals surface area contributed by atoms with Gasteiger partial charge in [-0.1, -0.05) is 12.1 Å². The summed E-state index contributed by atoms with van der Waals surface area (Å²) in [6, 6.07) is 6.29. The highest BCUT2D eigenvalue weighted by atomic mass is 19.4. The molecule has 0 radical (unpaired) electrons. The van der Waals surface area contributed by atoms with E-state index in [1.54, 1.807) is 12.1 Å². The van der Waals surface area contributed by atoms with Gasteiger partial charge in [-0.05, 0) is 36.5 Å². The van der Waals surface area contributed by atoms with E-state index in [-0.39, 0.29) is 17.7 Å². The first-order valence-electron chi connectivity index (χ1n) is 5.05. The average molecular weight is 231 g/mol. The molecule has 0 aromatic heterocycles. The minimum atomic E-state index is -4.63. The molecule has 0 heterocycles. The van der Waals surface area contributed by atoms with E-state index in [2.05, 4.69) is 4.74 Å². The van der Waals surface area contributed by atoms with Crippen molar-refractivity contribution in [2.24, 2.45) is 5.73 Å². The quantitative estimate of drug-likeness (QED) is 0.849. The van der Waals surface area contributed by atoms with Gasteiger partial charge < -0.3 is 10.5 Å². The van der Waals surface area contributed by atoms with Crippen molar-refractivity contribution in [1.82, 2.24) is 0 Å². The van der Waals surface area contributed by atoms with Gasteiger partial charge >= 0.3 is 6.36 Å². The second kappa shape index (κ2) is 3.97. The van der Waals surface area contributed by atoms with Crippen molar-refractivity contribution in [2.75, 3.05) is 0 Å². The number of nitrogens with two attached hydrogens (primary N) is 1. The highest BCUT2D eigenvalue weighted by molar-refractivity contribution is 5.32. The molecule has 0 saturated heterocycles. The molecular formula is C11H12F3NO. The Labute approximate surface area is 91.2 Å². The van der Waals surface area contributed by atoms with Gasteiger partial charge in [0.1, 0.15) is 5.75 Å². The Balaban J connectivity index is 2.08. The minimum absolute atomic E-state index is 0.162. The van der Waals surface area contributed by atoms with Crippen LogP contribution in [-0.4, -0.2) is 12.4 Å². The molecular weight excluding hydrogens is 219 g/mol. The van der Waals surface area contributed by atoms with E-state index in [9.17, 15) is 13.2 Å². The Bertz CT molecular complexity index is 372. The summed E-state index contributed by atoms with van der Waals surface area (Å²) in [6.07, 6.45) is -2.97. The van der Waals surface area contributed by atoms with E-state index in [4.69, 9.17) is 5.73 Å². The lowest BCUT2D eigenvalue weighted by molar-refractivity contribution is -0.274. The van der Waals surface area contributed by atoms with Gasteiger partial charge in [0.05, 0.1) is 0 Å². The predicted octanol–water partition coefficient (Wildman–Crippen LogP) is 2.79. The summed E-state index contributed by atoms with van der Waals surface area (Å²) >= 11 is 0. The number of halogens is 3. The maximum absolute atomic E-state index is 12.0. The molecule has 0 atom stereocenters. The van der Waals surface area contributed by atoms with Crippen LogP contribution >= 0.6 is 0 Å². The van der Waals surface area contributed by atoms with Gasteiger partial charge in [-0.15, -0.1) is 13.2 Å². The van der Waals surface area contributed by atoms with Crippen molar-refractivity contribution in [3.8, 4) is 5.75 Å². The first-order valence-corrected chi connectivity index (χ1v) is 5.05. The first kappa shape index (κ1) is 11.3. The fourth-order valence-electron chi connectivity index (χ4n) is 1.90. The summed E-state index contributed by atoms with van der Waals surface area (Å²) in [7, 11) is 0. The van der Waals surface area contributed by atoms with Gasteiger partial charge in [-0.25, -0.2) is 0 Å². The number of ether oxygens (including phenoxy) is 1. The second-order valence-electron chi connectivity index (χ2n) is 4.05. The van der Waals surface area contributed by atoms with Gasteiger partial charge in [0.15, 0.2) is 0 Å². The number of hydrogen-bond donors (Lipinski definition) is 1. The summed E-state index contributed by atoms with van der Waals surface area (Å²) < 4.78 is 39.8. The Morgan fingerprint density at radius 3 is 2.50 bits per heavy atom. The Hall–Kier alpha value is -1.23. The third kappa shape index (κ3) is 2.66. The average Bonchev–Trinajstić information content (AvgIpc) is 2.10. The highest BCUT2D eigenvalue weighted by Crippen LogP contribution is 2.37. The van der Waals surface area contributed by atoms with Crippen LogP contribution in [0.3, 0.4) is 0 Å². The molecule has 1 aliphatic rings. The lowest BCUT2D eigenvalue weighted by Crippen LogP contribution is -2.34. The van der Waals surface area contributed by atoms with E-state index >= 15 is 0 Å². The molecule has 2 nitrogen and oxygen atoms in total. The maximum Gasteiger partial charge on any atom is 0.573 e. The minimum Gasteiger partial charge on any atom is -0.406 e. The van der Waals surface area contributed by atoms with Crippen LogP contribution in [0.15, 0.2) is 24.3 Å². The normalized spacial score (nSPS) is 25.0. The number of rotatable bonds is 2. The SMILES string of the molecule is NC1CC(c2cccc(OC(F)(F)F)c2)C1.